The monoisotopic (exact) mass is 285 g/mol. The molecule has 1 aromatic carbocycles. The third-order valence-corrected chi connectivity index (χ3v) is 2.94. The molecule has 1 fully saturated rings. The van der Waals surface area contributed by atoms with Crippen LogP contribution in [0.4, 0.5) is 4.39 Å². The van der Waals surface area contributed by atoms with Crippen molar-refractivity contribution in [2.24, 2.45) is 0 Å². The lowest BCUT2D eigenvalue weighted by Crippen LogP contribution is -2.25. The maximum absolute atomic E-state index is 13.5. The molecular formula is C11H9BrFNO2. The first-order valence-electron chi connectivity index (χ1n) is 4.79. The molecule has 1 amide bonds. The molecule has 0 radical (unpaired) electrons. The van der Waals surface area contributed by atoms with Crippen molar-refractivity contribution in [2.45, 2.75) is 13.0 Å². The first-order valence-corrected chi connectivity index (χ1v) is 5.59. The summed E-state index contributed by atoms with van der Waals surface area (Å²) in [6.07, 6.45) is -0.0574. The van der Waals surface area contributed by atoms with Crippen LogP contribution in [-0.4, -0.2) is 23.1 Å². The predicted octanol–water partition coefficient (Wildman–Crippen LogP) is 1.89. The Morgan fingerprint density at radius 3 is 2.69 bits per heavy atom. The Kier molecular flexibility index (Phi) is 3.05. The van der Waals surface area contributed by atoms with Gasteiger partial charge in [-0.15, -0.1) is 0 Å². The summed E-state index contributed by atoms with van der Waals surface area (Å²) in [5.74, 6) is -0.712. The van der Waals surface area contributed by atoms with Gasteiger partial charge in [-0.3, -0.25) is 9.59 Å². The Morgan fingerprint density at radius 2 is 2.12 bits per heavy atom. The van der Waals surface area contributed by atoms with Crippen LogP contribution in [-0.2, 0) is 16.1 Å². The molecule has 0 unspecified atom stereocenters. The second kappa shape index (κ2) is 4.33. The number of ketones is 1. The minimum atomic E-state index is -0.374. The number of likely N-dealkylation sites (tertiary alicyclic amines) is 1. The summed E-state index contributed by atoms with van der Waals surface area (Å²) in [4.78, 5) is 23.7. The zero-order valence-electron chi connectivity index (χ0n) is 8.37. The van der Waals surface area contributed by atoms with E-state index in [1.54, 1.807) is 12.1 Å². The van der Waals surface area contributed by atoms with Gasteiger partial charge >= 0.3 is 0 Å². The summed E-state index contributed by atoms with van der Waals surface area (Å²) in [6.45, 7) is 0.248. The summed E-state index contributed by atoms with van der Waals surface area (Å²) >= 11 is 3.16. The van der Waals surface area contributed by atoms with Crippen molar-refractivity contribution >= 4 is 27.6 Å². The molecule has 0 saturated carbocycles. The number of hydrogen-bond acceptors (Lipinski definition) is 2. The molecule has 16 heavy (non-hydrogen) atoms. The minimum Gasteiger partial charge on any atom is -0.331 e. The lowest BCUT2D eigenvalue weighted by molar-refractivity contribution is -0.128. The molecule has 1 saturated heterocycles. The molecule has 0 N–H and O–H groups in total. The van der Waals surface area contributed by atoms with Crippen LogP contribution in [0.2, 0.25) is 0 Å². The maximum atomic E-state index is 13.5. The summed E-state index contributed by atoms with van der Waals surface area (Å²) in [7, 11) is 0. The van der Waals surface area contributed by atoms with Crippen molar-refractivity contribution < 1.29 is 14.0 Å². The first kappa shape index (κ1) is 11.3. The number of benzene rings is 1. The maximum Gasteiger partial charge on any atom is 0.230 e. The van der Waals surface area contributed by atoms with E-state index in [-0.39, 0.29) is 37.0 Å². The number of rotatable bonds is 2. The van der Waals surface area contributed by atoms with Gasteiger partial charge in [0.05, 0.1) is 13.0 Å². The van der Waals surface area contributed by atoms with E-state index in [2.05, 4.69) is 15.9 Å². The van der Waals surface area contributed by atoms with Crippen LogP contribution < -0.4 is 0 Å². The van der Waals surface area contributed by atoms with E-state index >= 15 is 0 Å². The lowest BCUT2D eigenvalue weighted by Gasteiger charge is -2.14. The Bertz CT molecular complexity index is 461. The molecule has 1 aliphatic heterocycles. The zero-order valence-corrected chi connectivity index (χ0v) is 9.96. The van der Waals surface area contributed by atoms with Crippen LogP contribution in [0, 0.1) is 5.82 Å². The summed E-state index contributed by atoms with van der Waals surface area (Å²) < 4.78 is 14.1. The van der Waals surface area contributed by atoms with Crippen molar-refractivity contribution in [2.75, 3.05) is 6.54 Å². The fourth-order valence-corrected chi connectivity index (χ4v) is 1.97. The highest BCUT2D eigenvalue weighted by Gasteiger charge is 2.27. The normalized spacial score (nSPS) is 16.0. The van der Waals surface area contributed by atoms with Gasteiger partial charge in [0.15, 0.2) is 5.78 Å². The molecule has 2 rings (SSSR count). The molecule has 1 heterocycles. The van der Waals surface area contributed by atoms with Gasteiger partial charge in [0.25, 0.3) is 0 Å². The van der Waals surface area contributed by atoms with E-state index < -0.39 is 0 Å². The third kappa shape index (κ3) is 2.29. The van der Waals surface area contributed by atoms with Gasteiger partial charge in [-0.2, -0.15) is 0 Å². The van der Waals surface area contributed by atoms with Gasteiger partial charge in [0.1, 0.15) is 5.82 Å². The molecule has 1 aliphatic rings. The van der Waals surface area contributed by atoms with E-state index in [9.17, 15) is 14.0 Å². The molecular weight excluding hydrogens is 277 g/mol. The molecule has 0 aromatic heterocycles. The average Bonchev–Trinajstić information content (AvgIpc) is 2.50. The van der Waals surface area contributed by atoms with Gasteiger partial charge in [-0.25, -0.2) is 4.39 Å². The Balaban J connectivity index is 2.15. The van der Waals surface area contributed by atoms with E-state index in [0.717, 1.165) is 0 Å². The Hall–Kier alpha value is -1.23. The standard InChI is InChI=1S/C11H9BrFNO2/c12-8-2-1-7(10(13)3-8)5-14-6-9(15)4-11(14)16/h1-3H,4-6H2. The first-order chi connectivity index (χ1) is 7.56. The van der Waals surface area contributed by atoms with Gasteiger partial charge in [0, 0.05) is 16.6 Å². The number of hydrogen-bond donors (Lipinski definition) is 0. The highest BCUT2D eigenvalue weighted by atomic mass is 79.9. The molecule has 0 atom stereocenters. The van der Waals surface area contributed by atoms with E-state index in [0.29, 0.717) is 10.0 Å². The highest BCUT2D eigenvalue weighted by molar-refractivity contribution is 9.10. The predicted molar refractivity (Wildman–Crippen MR) is 59.1 cm³/mol. The average molecular weight is 286 g/mol. The fourth-order valence-electron chi connectivity index (χ4n) is 1.64. The number of halogens is 2. The molecule has 3 nitrogen and oxygen atoms in total. The number of carbonyl (C=O) groups excluding carboxylic acids is 2. The van der Waals surface area contributed by atoms with Crippen molar-refractivity contribution in [1.29, 1.82) is 0 Å². The second-order valence-electron chi connectivity index (χ2n) is 3.70. The topological polar surface area (TPSA) is 37.4 Å². The Morgan fingerprint density at radius 1 is 1.38 bits per heavy atom. The quantitative estimate of drug-likeness (QED) is 0.779. The van der Waals surface area contributed by atoms with Gasteiger partial charge in [0.2, 0.25) is 5.91 Å². The largest absolute Gasteiger partial charge is 0.331 e. The molecule has 0 bridgehead atoms. The number of carbonyl (C=O) groups is 2. The van der Waals surface area contributed by atoms with Gasteiger partial charge in [-0.05, 0) is 12.1 Å². The van der Waals surface area contributed by atoms with Crippen molar-refractivity contribution in [3.63, 3.8) is 0 Å². The van der Waals surface area contributed by atoms with Crippen molar-refractivity contribution in [3.8, 4) is 0 Å². The lowest BCUT2D eigenvalue weighted by atomic mass is 10.2. The van der Waals surface area contributed by atoms with E-state index in [1.165, 1.54) is 11.0 Å². The summed E-state index contributed by atoms with van der Waals surface area (Å²) in [5, 5.41) is 0. The van der Waals surface area contributed by atoms with Gasteiger partial charge in [-0.1, -0.05) is 22.0 Å². The SMILES string of the molecule is O=C1CC(=O)N(Cc2ccc(Br)cc2F)C1. The Labute approximate surface area is 100 Å². The van der Waals surface area contributed by atoms with Crippen LogP contribution in [0.15, 0.2) is 22.7 Å². The molecule has 1 aromatic rings. The summed E-state index contributed by atoms with van der Waals surface area (Å²) in [5.41, 5.74) is 0.422. The molecule has 0 spiro atoms. The van der Waals surface area contributed by atoms with E-state index in [4.69, 9.17) is 0 Å². The second-order valence-corrected chi connectivity index (χ2v) is 4.62. The van der Waals surface area contributed by atoms with Gasteiger partial charge < -0.3 is 4.90 Å². The molecule has 0 aliphatic carbocycles. The summed E-state index contributed by atoms with van der Waals surface area (Å²) in [6, 6.07) is 4.66. The number of Topliss-reactive ketones (excluding diaryl/α,β-unsaturated/α-hetero) is 1. The van der Waals surface area contributed by atoms with Crippen LogP contribution >= 0.6 is 15.9 Å². The van der Waals surface area contributed by atoms with Crippen molar-refractivity contribution in [1.82, 2.24) is 4.90 Å². The number of nitrogens with zero attached hydrogens (tertiary/aromatic N) is 1. The van der Waals surface area contributed by atoms with Crippen LogP contribution in [0.1, 0.15) is 12.0 Å². The van der Waals surface area contributed by atoms with E-state index in [1.807, 2.05) is 0 Å². The van der Waals surface area contributed by atoms with Crippen molar-refractivity contribution in [3.05, 3.63) is 34.1 Å². The zero-order chi connectivity index (χ0) is 11.7. The van der Waals surface area contributed by atoms with Crippen LogP contribution in [0.5, 0.6) is 0 Å². The fraction of sp³-hybridized carbons (Fsp3) is 0.273. The molecule has 5 heteroatoms. The van der Waals surface area contributed by atoms with Crippen LogP contribution in [0.3, 0.4) is 0 Å². The minimum absolute atomic E-state index is 0.0574. The smallest absolute Gasteiger partial charge is 0.230 e. The third-order valence-electron chi connectivity index (χ3n) is 2.44. The highest BCUT2D eigenvalue weighted by Crippen LogP contribution is 2.18. The molecule has 84 valence electrons. The number of amides is 1. The van der Waals surface area contributed by atoms with Crippen LogP contribution in [0.25, 0.3) is 0 Å².